The molecule has 1 aliphatic rings. The predicted molar refractivity (Wildman–Crippen MR) is 122 cm³/mol. The topological polar surface area (TPSA) is 57.5 Å². The molecule has 0 unspecified atom stereocenters. The van der Waals surface area contributed by atoms with Gasteiger partial charge in [-0.15, -0.1) is 0 Å². The van der Waals surface area contributed by atoms with Gasteiger partial charge in [0.05, 0.1) is 11.6 Å². The van der Waals surface area contributed by atoms with Crippen molar-refractivity contribution in [2.45, 2.75) is 18.9 Å². The molecule has 1 atom stereocenters. The van der Waals surface area contributed by atoms with Crippen molar-refractivity contribution >= 4 is 34.0 Å². The van der Waals surface area contributed by atoms with Crippen LogP contribution < -0.4 is 5.32 Å². The highest BCUT2D eigenvalue weighted by Crippen LogP contribution is 2.33. The molecule has 5 rings (SSSR count). The third-order valence-corrected chi connectivity index (χ3v) is 5.91. The lowest BCUT2D eigenvalue weighted by molar-refractivity contribution is 0.319. The summed E-state index contributed by atoms with van der Waals surface area (Å²) in [5.74, 6) is 0.843. The van der Waals surface area contributed by atoms with Gasteiger partial charge in [0.2, 0.25) is 0 Å². The van der Waals surface area contributed by atoms with E-state index < -0.39 is 0 Å². The zero-order valence-corrected chi connectivity index (χ0v) is 17.0. The molecule has 0 saturated heterocycles. The Bertz CT molecular complexity index is 1250. The van der Waals surface area contributed by atoms with Crippen LogP contribution in [0.5, 0.6) is 0 Å². The van der Waals surface area contributed by atoms with Crippen molar-refractivity contribution in [3.8, 4) is 0 Å². The van der Waals surface area contributed by atoms with Crippen molar-refractivity contribution in [2.24, 2.45) is 5.16 Å². The van der Waals surface area contributed by atoms with Crippen LogP contribution in [0, 0.1) is 0 Å². The summed E-state index contributed by atoms with van der Waals surface area (Å²) in [5, 5.41) is 18.4. The first-order valence-electron chi connectivity index (χ1n) is 9.95. The Kier molecular flexibility index (Phi) is 4.85. The standard InChI is InChI=1S/C25H20ClN3O/c26-18-11-8-17(9-12-18)25(29-30)21-6-3-7-22-20(21)13-15-24(27-22)28-23-14-10-16-4-1-2-5-19(16)23/h1-9,11-13,15,23,30H,10,14H2,(H,27,28)/t23-/m1/s1. The van der Waals surface area contributed by atoms with Crippen molar-refractivity contribution in [1.82, 2.24) is 4.98 Å². The lowest BCUT2D eigenvalue weighted by Crippen LogP contribution is -2.09. The first-order chi connectivity index (χ1) is 14.7. The summed E-state index contributed by atoms with van der Waals surface area (Å²) < 4.78 is 0. The third kappa shape index (κ3) is 3.40. The van der Waals surface area contributed by atoms with Crippen molar-refractivity contribution < 1.29 is 5.21 Å². The highest BCUT2D eigenvalue weighted by atomic mass is 35.5. The second-order valence-corrected chi connectivity index (χ2v) is 7.90. The van der Waals surface area contributed by atoms with E-state index in [4.69, 9.17) is 16.6 Å². The van der Waals surface area contributed by atoms with Gasteiger partial charge in [0.1, 0.15) is 11.5 Å². The number of hydrogen-bond donors (Lipinski definition) is 2. The van der Waals surface area contributed by atoms with Gasteiger partial charge in [0.15, 0.2) is 0 Å². The number of oxime groups is 1. The smallest absolute Gasteiger partial charge is 0.127 e. The first kappa shape index (κ1) is 18.6. The second-order valence-electron chi connectivity index (χ2n) is 7.46. The summed E-state index contributed by atoms with van der Waals surface area (Å²) in [4.78, 5) is 4.83. The van der Waals surface area contributed by atoms with E-state index in [1.54, 1.807) is 12.1 Å². The average molecular weight is 414 g/mol. The summed E-state index contributed by atoms with van der Waals surface area (Å²) >= 11 is 6.00. The number of pyridine rings is 1. The van der Waals surface area contributed by atoms with E-state index in [1.165, 1.54) is 11.1 Å². The minimum atomic E-state index is 0.276. The molecule has 1 aliphatic carbocycles. The molecule has 30 heavy (non-hydrogen) atoms. The molecule has 148 valence electrons. The number of fused-ring (bicyclic) bond motifs is 2. The Balaban J connectivity index is 1.49. The second kappa shape index (κ2) is 7.81. The molecule has 4 nitrogen and oxygen atoms in total. The molecule has 0 saturated carbocycles. The summed E-state index contributed by atoms with van der Waals surface area (Å²) in [6.45, 7) is 0. The van der Waals surface area contributed by atoms with Gasteiger partial charge in [-0.1, -0.05) is 65.3 Å². The van der Waals surface area contributed by atoms with E-state index in [0.29, 0.717) is 10.7 Å². The lowest BCUT2D eigenvalue weighted by Gasteiger charge is -2.16. The monoisotopic (exact) mass is 413 g/mol. The van der Waals surface area contributed by atoms with Crippen LogP contribution in [0.4, 0.5) is 5.82 Å². The number of halogens is 1. The maximum atomic E-state index is 9.72. The zero-order chi connectivity index (χ0) is 20.5. The van der Waals surface area contributed by atoms with E-state index >= 15 is 0 Å². The van der Waals surface area contributed by atoms with Gasteiger partial charge in [0, 0.05) is 21.5 Å². The number of anilines is 1. The predicted octanol–water partition coefficient (Wildman–Crippen LogP) is 6.21. The Morgan fingerprint density at radius 1 is 0.967 bits per heavy atom. The molecule has 2 N–H and O–H groups in total. The number of rotatable bonds is 4. The minimum Gasteiger partial charge on any atom is -0.410 e. The average Bonchev–Trinajstić information content (AvgIpc) is 3.18. The summed E-state index contributed by atoms with van der Waals surface area (Å²) in [5.41, 5.74) is 5.71. The van der Waals surface area contributed by atoms with Gasteiger partial charge >= 0.3 is 0 Å². The largest absolute Gasteiger partial charge is 0.410 e. The maximum Gasteiger partial charge on any atom is 0.127 e. The van der Waals surface area contributed by atoms with Crippen LogP contribution in [-0.4, -0.2) is 15.9 Å². The maximum absolute atomic E-state index is 9.72. The van der Waals surface area contributed by atoms with Crippen LogP contribution in [0.3, 0.4) is 0 Å². The van der Waals surface area contributed by atoms with Gasteiger partial charge < -0.3 is 10.5 Å². The normalized spacial score (nSPS) is 15.9. The molecule has 0 fully saturated rings. The van der Waals surface area contributed by atoms with Crippen molar-refractivity contribution in [3.05, 3.63) is 106 Å². The van der Waals surface area contributed by atoms with E-state index in [2.05, 4.69) is 34.7 Å². The van der Waals surface area contributed by atoms with Crippen LogP contribution in [0.15, 0.2) is 84.0 Å². The molecule has 1 heterocycles. The van der Waals surface area contributed by atoms with E-state index in [0.717, 1.165) is 40.7 Å². The highest BCUT2D eigenvalue weighted by Gasteiger charge is 2.22. The molecule has 5 heteroatoms. The van der Waals surface area contributed by atoms with Crippen LogP contribution in [0.2, 0.25) is 5.02 Å². The van der Waals surface area contributed by atoms with Crippen LogP contribution in [0.25, 0.3) is 10.9 Å². The lowest BCUT2D eigenvalue weighted by atomic mass is 9.98. The Morgan fingerprint density at radius 3 is 2.63 bits per heavy atom. The fourth-order valence-electron chi connectivity index (χ4n) is 4.20. The van der Waals surface area contributed by atoms with E-state index in [1.807, 2.05) is 42.5 Å². The molecule has 0 amide bonds. The molecule has 1 aromatic heterocycles. The van der Waals surface area contributed by atoms with Crippen LogP contribution >= 0.6 is 11.6 Å². The SMILES string of the molecule is ON=C(c1ccc(Cl)cc1)c1cccc2nc(N[C@@H]3CCc4ccccc43)ccc12. The summed E-state index contributed by atoms with van der Waals surface area (Å²) in [6, 6.07) is 26.0. The molecular formula is C25H20ClN3O. The Hall–Kier alpha value is -3.37. The van der Waals surface area contributed by atoms with Gasteiger partial charge in [-0.25, -0.2) is 4.98 Å². The van der Waals surface area contributed by atoms with Gasteiger partial charge in [-0.2, -0.15) is 0 Å². The Labute approximate surface area is 179 Å². The molecule has 0 radical (unpaired) electrons. The summed E-state index contributed by atoms with van der Waals surface area (Å²) in [7, 11) is 0. The minimum absolute atomic E-state index is 0.276. The van der Waals surface area contributed by atoms with Crippen LogP contribution in [0.1, 0.15) is 34.7 Å². The molecule has 0 bridgehead atoms. The van der Waals surface area contributed by atoms with Gasteiger partial charge in [-0.3, -0.25) is 0 Å². The summed E-state index contributed by atoms with van der Waals surface area (Å²) in [6.07, 6.45) is 2.15. The number of nitrogens with zero attached hydrogens (tertiary/aromatic N) is 2. The zero-order valence-electron chi connectivity index (χ0n) is 16.2. The molecule has 0 spiro atoms. The van der Waals surface area contributed by atoms with Crippen LogP contribution in [-0.2, 0) is 6.42 Å². The van der Waals surface area contributed by atoms with Gasteiger partial charge in [-0.05, 0) is 54.3 Å². The number of hydrogen-bond acceptors (Lipinski definition) is 4. The molecule has 0 aliphatic heterocycles. The number of benzene rings is 3. The number of aryl methyl sites for hydroxylation is 1. The molecule has 3 aromatic carbocycles. The van der Waals surface area contributed by atoms with Crippen molar-refractivity contribution in [1.29, 1.82) is 0 Å². The number of nitrogens with one attached hydrogen (secondary N) is 1. The highest BCUT2D eigenvalue weighted by molar-refractivity contribution is 6.30. The fourth-order valence-corrected chi connectivity index (χ4v) is 4.33. The van der Waals surface area contributed by atoms with Crippen molar-refractivity contribution in [2.75, 3.05) is 5.32 Å². The molecule has 4 aromatic rings. The van der Waals surface area contributed by atoms with E-state index in [-0.39, 0.29) is 6.04 Å². The van der Waals surface area contributed by atoms with Crippen molar-refractivity contribution in [3.63, 3.8) is 0 Å². The van der Waals surface area contributed by atoms with E-state index in [9.17, 15) is 5.21 Å². The molecular weight excluding hydrogens is 394 g/mol. The third-order valence-electron chi connectivity index (χ3n) is 5.66. The fraction of sp³-hybridized carbons (Fsp3) is 0.120. The van der Waals surface area contributed by atoms with Gasteiger partial charge in [0.25, 0.3) is 0 Å². The number of aromatic nitrogens is 1. The quantitative estimate of drug-likeness (QED) is 0.237. The Morgan fingerprint density at radius 2 is 1.80 bits per heavy atom. The first-order valence-corrected chi connectivity index (χ1v) is 10.3.